The van der Waals surface area contributed by atoms with E-state index < -0.39 is 0 Å². The summed E-state index contributed by atoms with van der Waals surface area (Å²) in [5, 5.41) is 0. The number of hydrogen-bond acceptors (Lipinski definition) is 0. The Labute approximate surface area is 46.3 Å². The summed E-state index contributed by atoms with van der Waals surface area (Å²) in [4.78, 5) is 0. The lowest BCUT2D eigenvalue weighted by atomic mass is 10.8. The molecule has 0 spiro atoms. The molecule has 0 saturated carbocycles. The van der Waals surface area contributed by atoms with E-state index in [-0.39, 0.29) is 12.7 Å². The molecule has 0 aliphatic rings. The smallest absolute Gasteiger partial charge is 0.115 e. The molecule has 0 bridgehead atoms. The molecule has 0 atom stereocenters. The van der Waals surface area contributed by atoms with E-state index in [0.29, 0.717) is 6.33 Å². The fourth-order valence-electron chi connectivity index (χ4n) is 0. The van der Waals surface area contributed by atoms with Gasteiger partial charge in [-0.3, -0.25) is 0 Å². The molecule has 0 N–H and O–H groups in total. The van der Waals surface area contributed by atoms with Crippen molar-refractivity contribution in [3.8, 4) is 0 Å². The van der Waals surface area contributed by atoms with Gasteiger partial charge in [0.25, 0.3) is 0 Å². The van der Waals surface area contributed by atoms with Crippen molar-refractivity contribution < 1.29 is 13.2 Å². The maximum Gasteiger partial charge on any atom is 0.115 e. The summed E-state index contributed by atoms with van der Waals surface area (Å²) in [7, 11) is 0. The Bertz CT molecular complexity index is 48.1. The van der Waals surface area contributed by atoms with Crippen molar-refractivity contribution in [3.05, 3.63) is 25.1 Å². The normalized spacial score (nSPS) is 9.50. The Balaban J connectivity index is 0. The van der Waals surface area contributed by atoms with Crippen molar-refractivity contribution in [2.45, 2.75) is 6.92 Å². The number of allylic oxidation sites excluding steroid dienone is 1. The van der Waals surface area contributed by atoms with Gasteiger partial charge in [0.2, 0.25) is 0 Å². The molecule has 0 aromatic heterocycles. The molecule has 0 fully saturated rings. The summed E-state index contributed by atoms with van der Waals surface area (Å²) >= 11 is 0. The molecule has 0 nitrogen and oxygen atoms in total. The zero-order chi connectivity index (χ0) is 6.83. The van der Waals surface area contributed by atoms with Gasteiger partial charge in [-0.1, -0.05) is 6.08 Å². The first-order valence-electron chi connectivity index (χ1n) is 1.90. The second kappa shape index (κ2) is 16.3. The molecule has 0 aromatic carbocycles. The molecule has 0 heterocycles. The highest BCUT2D eigenvalue weighted by Crippen LogP contribution is 1.67. The van der Waals surface area contributed by atoms with Crippen LogP contribution < -0.4 is 0 Å². The Kier molecular flexibility index (Phi) is 20.9. The van der Waals surface area contributed by atoms with Gasteiger partial charge in [0, 0.05) is 0 Å². The Morgan fingerprint density at radius 3 is 1.12 bits per heavy atom. The molecule has 0 unspecified atom stereocenters. The minimum Gasteiger partial charge on any atom is -0.216 e. The van der Waals surface area contributed by atoms with E-state index in [2.05, 4.69) is 0 Å². The van der Waals surface area contributed by atoms with Crippen LogP contribution in [0.5, 0.6) is 0 Å². The molecule has 3 heteroatoms. The van der Waals surface area contributed by atoms with Crippen molar-refractivity contribution >= 4 is 0 Å². The molecule has 8 heavy (non-hydrogen) atoms. The van der Waals surface area contributed by atoms with Gasteiger partial charge in [-0.25, -0.2) is 13.2 Å². The second-order valence-electron chi connectivity index (χ2n) is 0.711. The third kappa shape index (κ3) is 59.6. The minimum atomic E-state index is -0.167. The zero-order valence-electron chi connectivity index (χ0n) is 4.44. The number of hydrogen-bond donors (Lipinski definition) is 0. The lowest BCUT2D eigenvalue weighted by molar-refractivity contribution is 0.645. The van der Waals surface area contributed by atoms with Crippen LogP contribution in [0, 0.1) is 0 Å². The third-order valence-electron chi connectivity index (χ3n) is 0.174. The molecule has 0 aliphatic carbocycles. The van der Waals surface area contributed by atoms with Crippen LogP contribution in [-0.4, -0.2) is 0 Å². The van der Waals surface area contributed by atoms with Crippen molar-refractivity contribution in [1.82, 2.24) is 0 Å². The van der Waals surface area contributed by atoms with Crippen LogP contribution in [0.3, 0.4) is 0 Å². The molecule has 0 aromatic rings. The predicted octanol–water partition coefficient (Wildman–Crippen LogP) is 2.89. The Morgan fingerprint density at radius 1 is 0.875 bits per heavy atom. The van der Waals surface area contributed by atoms with E-state index in [9.17, 15) is 13.2 Å². The maximum atomic E-state index is 10.5. The van der Waals surface area contributed by atoms with Crippen molar-refractivity contribution in [2.24, 2.45) is 0 Å². The summed E-state index contributed by atoms with van der Waals surface area (Å²) in [5.74, 6) is 0. The van der Waals surface area contributed by atoms with Crippen molar-refractivity contribution in [2.75, 3.05) is 0 Å². The number of halogens is 3. The van der Waals surface area contributed by atoms with Crippen LogP contribution >= 0.6 is 0 Å². The van der Waals surface area contributed by atoms with Crippen molar-refractivity contribution in [1.29, 1.82) is 0 Å². The highest BCUT2D eigenvalue weighted by molar-refractivity contribution is 4.61. The van der Waals surface area contributed by atoms with Crippen LogP contribution in [0.25, 0.3) is 0 Å². The summed E-state index contributed by atoms with van der Waals surface area (Å²) in [6.07, 6.45) is 1.50. The second-order valence-corrected chi connectivity index (χ2v) is 0.711. The monoisotopic (exact) mass is 124 g/mol. The summed E-state index contributed by atoms with van der Waals surface area (Å²) in [6, 6.07) is 0. The molecular formula is C5H7F3. The summed E-state index contributed by atoms with van der Waals surface area (Å²) in [5.41, 5.74) is 0. The predicted molar refractivity (Wildman–Crippen MR) is 27.3 cm³/mol. The first-order valence-corrected chi connectivity index (χ1v) is 1.90. The van der Waals surface area contributed by atoms with Gasteiger partial charge in [0.15, 0.2) is 0 Å². The molecular weight excluding hydrogens is 117 g/mol. The summed E-state index contributed by atoms with van der Waals surface area (Å²) in [6.45, 7) is 1.62. The average Bonchev–Trinajstić information content (AvgIpc) is 1.88. The number of rotatable bonds is 0. The zero-order valence-corrected chi connectivity index (χ0v) is 4.44. The van der Waals surface area contributed by atoms with E-state index in [4.69, 9.17) is 0 Å². The van der Waals surface area contributed by atoms with Gasteiger partial charge in [-0.05, 0) is 6.92 Å². The fourth-order valence-corrected chi connectivity index (χ4v) is 0. The van der Waals surface area contributed by atoms with Gasteiger partial charge >= 0.3 is 0 Å². The van der Waals surface area contributed by atoms with Crippen LogP contribution in [0.1, 0.15) is 6.92 Å². The van der Waals surface area contributed by atoms with Crippen LogP contribution in [-0.2, 0) is 0 Å². The lowest BCUT2D eigenvalue weighted by Gasteiger charge is -1.45. The molecule has 0 amide bonds. The highest BCUT2D eigenvalue weighted by atomic mass is 19.2. The van der Waals surface area contributed by atoms with E-state index in [0.717, 1.165) is 0 Å². The third-order valence-corrected chi connectivity index (χ3v) is 0.174. The quantitative estimate of drug-likeness (QED) is 0.465. The van der Waals surface area contributed by atoms with Gasteiger partial charge in [-0.2, -0.15) is 0 Å². The molecule has 0 rings (SSSR count). The van der Waals surface area contributed by atoms with E-state index in [1.807, 2.05) is 0 Å². The van der Waals surface area contributed by atoms with E-state index in [1.54, 1.807) is 6.92 Å². The SMILES string of the molecule is C/C=C\F.F/C=C/F. The largest absolute Gasteiger partial charge is 0.216 e. The van der Waals surface area contributed by atoms with Crippen LogP contribution in [0.2, 0.25) is 0 Å². The molecule has 48 valence electrons. The standard InChI is InChI=1S/C3H5F.C2H2F2/c1-2-3-4;3-1-2-4/h2-3H,1H3;1-2H/b3-2-;2-1+. The lowest BCUT2D eigenvalue weighted by Crippen LogP contribution is -1.22. The Morgan fingerprint density at radius 2 is 1.12 bits per heavy atom. The molecule has 0 aliphatic heterocycles. The van der Waals surface area contributed by atoms with Gasteiger partial charge < -0.3 is 0 Å². The Hall–Kier alpha value is -0.730. The molecule has 0 saturated heterocycles. The first-order chi connectivity index (χ1) is 3.83. The van der Waals surface area contributed by atoms with Crippen LogP contribution in [0.15, 0.2) is 25.1 Å². The van der Waals surface area contributed by atoms with Crippen molar-refractivity contribution in [3.63, 3.8) is 0 Å². The molecule has 0 radical (unpaired) electrons. The van der Waals surface area contributed by atoms with E-state index >= 15 is 0 Å². The van der Waals surface area contributed by atoms with Gasteiger partial charge in [0.1, 0.15) is 12.7 Å². The fraction of sp³-hybridized carbons (Fsp3) is 0.200. The van der Waals surface area contributed by atoms with Gasteiger partial charge in [-0.15, -0.1) is 0 Å². The van der Waals surface area contributed by atoms with Gasteiger partial charge in [0.05, 0.1) is 6.33 Å². The average molecular weight is 124 g/mol. The summed E-state index contributed by atoms with van der Waals surface area (Å²) < 4.78 is 30.9. The maximum absolute atomic E-state index is 10.5. The van der Waals surface area contributed by atoms with E-state index in [1.165, 1.54) is 6.08 Å². The topological polar surface area (TPSA) is 0 Å². The highest BCUT2D eigenvalue weighted by Gasteiger charge is 1.43. The minimum absolute atomic E-state index is 0.167. The first kappa shape index (κ1) is 10.3. The van der Waals surface area contributed by atoms with Crippen LogP contribution in [0.4, 0.5) is 13.2 Å².